The van der Waals surface area contributed by atoms with Gasteiger partial charge >= 0.3 is 0 Å². The molecule has 16 heavy (non-hydrogen) atoms. The Morgan fingerprint density at radius 2 is 2.19 bits per heavy atom. The fourth-order valence-corrected chi connectivity index (χ4v) is 3.13. The van der Waals surface area contributed by atoms with Crippen molar-refractivity contribution < 1.29 is 4.74 Å². The molecule has 0 saturated carbocycles. The van der Waals surface area contributed by atoms with Crippen LogP contribution in [0.1, 0.15) is 33.1 Å². The van der Waals surface area contributed by atoms with Gasteiger partial charge < -0.3 is 10.1 Å². The van der Waals surface area contributed by atoms with Gasteiger partial charge in [-0.2, -0.15) is 0 Å². The van der Waals surface area contributed by atoms with Crippen molar-refractivity contribution in [2.24, 2.45) is 5.92 Å². The summed E-state index contributed by atoms with van der Waals surface area (Å²) in [6.07, 6.45) is 3.82. The van der Waals surface area contributed by atoms with Gasteiger partial charge in [0.2, 0.25) is 0 Å². The van der Waals surface area contributed by atoms with Crippen LogP contribution in [0.3, 0.4) is 0 Å². The summed E-state index contributed by atoms with van der Waals surface area (Å²) in [5.74, 6) is 0.814. The zero-order valence-electron chi connectivity index (χ0n) is 11.0. The molecule has 2 aliphatic heterocycles. The highest BCUT2D eigenvalue weighted by Gasteiger charge is 2.35. The maximum absolute atomic E-state index is 5.66. The zero-order valence-corrected chi connectivity index (χ0v) is 11.0. The van der Waals surface area contributed by atoms with Crippen molar-refractivity contribution in [3.8, 4) is 0 Å². The number of hydrogen-bond acceptors (Lipinski definition) is 3. The van der Waals surface area contributed by atoms with Crippen LogP contribution >= 0.6 is 0 Å². The second-order valence-corrected chi connectivity index (χ2v) is 5.88. The van der Waals surface area contributed by atoms with E-state index < -0.39 is 0 Å². The molecule has 2 saturated heterocycles. The van der Waals surface area contributed by atoms with E-state index in [0.29, 0.717) is 0 Å². The average molecular weight is 226 g/mol. The summed E-state index contributed by atoms with van der Waals surface area (Å²) < 4.78 is 5.66. The Kier molecular flexibility index (Phi) is 3.88. The molecule has 3 atom stereocenters. The van der Waals surface area contributed by atoms with E-state index in [4.69, 9.17) is 4.74 Å². The molecule has 1 N–H and O–H groups in total. The van der Waals surface area contributed by atoms with Crippen LogP contribution in [-0.2, 0) is 4.74 Å². The molecule has 2 fully saturated rings. The van der Waals surface area contributed by atoms with Gasteiger partial charge in [-0.3, -0.25) is 4.90 Å². The number of ether oxygens (including phenoxy) is 1. The summed E-state index contributed by atoms with van der Waals surface area (Å²) in [5.41, 5.74) is 0.0823. The Morgan fingerprint density at radius 3 is 2.88 bits per heavy atom. The maximum Gasteiger partial charge on any atom is 0.0777 e. The monoisotopic (exact) mass is 226 g/mol. The molecule has 0 aromatic heterocycles. The van der Waals surface area contributed by atoms with Crippen molar-refractivity contribution in [1.29, 1.82) is 0 Å². The largest absolute Gasteiger partial charge is 0.377 e. The molecule has 2 heterocycles. The van der Waals surface area contributed by atoms with Crippen LogP contribution in [0.25, 0.3) is 0 Å². The Hall–Kier alpha value is -0.120. The molecule has 3 unspecified atom stereocenters. The highest BCUT2D eigenvalue weighted by molar-refractivity contribution is 4.90. The summed E-state index contributed by atoms with van der Waals surface area (Å²) >= 11 is 0. The van der Waals surface area contributed by atoms with Crippen LogP contribution in [0.4, 0.5) is 0 Å². The van der Waals surface area contributed by atoms with Crippen LogP contribution in [0, 0.1) is 5.92 Å². The fraction of sp³-hybridized carbons (Fsp3) is 1.00. The van der Waals surface area contributed by atoms with E-state index in [2.05, 4.69) is 24.1 Å². The van der Waals surface area contributed by atoms with E-state index in [9.17, 15) is 0 Å². The summed E-state index contributed by atoms with van der Waals surface area (Å²) in [5, 5.41) is 3.54. The second-order valence-electron chi connectivity index (χ2n) is 5.88. The number of piperidine rings is 2. The third-order valence-corrected chi connectivity index (χ3v) is 4.24. The quantitative estimate of drug-likeness (QED) is 0.772. The first kappa shape index (κ1) is 12.3. The molecule has 0 bridgehead atoms. The molecule has 3 heteroatoms. The van der Waals surface area contributed by atoms with E-state index in [1.165, 1.54) is 32.4 Å². The number of rotatable bonds is 2. The first-order valence-corrected chi connectivity index (χ1v) is 6.63. The van der Waals surface area contributed by atoms with E-state index in [-0.39, 0.29) is 5.60 Å². The molecule has 3 nitrogen and oxygen atoms in total. The lowest BCUT2D eigenvalue weighted by Crippen LogP contribution is -2.56. The van der Waals surface area contributed by atoms with Crippen molar-refractivity contribution in [1.82, 2.24) is 10.2 Å². The minimum atomic E-state index is 0.0823. The number of likely N-dealkylation sites (tertiary alicyclic amines) is 1. The Labute approximate surface area is 99.5 Å². The SMILES string of the molecule is COC1(C)CCCN(C2CNCC(C)C2)C1. The summed E-state index contributed by atoms with van der Waals surface area (Å²) in [6, 6.07) is 0.721. The predicted octanol–water partition coefficient (Wildman–Crippen LogP) is 1.49. The number of methoxy groups -OCH3 is 1. The van der Waals surface area contributed by atoms with Crippen LogP contribution in [0.15, 0.2) is 0 Å². The fourth-order valence-electron chi connectivity index (χ4n) is 3.13. The molecule has 0 spiro atoms. The van der Waals surface area contributed by atoms with E-state index in [0.717, 1.165) is 25.0 Å². The van der Waals surface area contributed by atoms with Gasteiger partial charge in [-0.15, -0.1) is 0 Å². The predicted molar refractivity (Wildman–Crippen MR) is 66.7 cm³/mol. The normalized spacial score (nSPS) is 42.2. The molecule has 2 rings (SSSR count). The van der Waals surface area contributed by atoms with E-state index in [1.807, 2.05) is 7.11 Å². The Morgan fingerprint density at radius 1 is 1.38 bits per heavy atom. The van der Waals surface area contributed by atoms with Gasteiger partial charge in [-0.1, -0.05) is 6.92 Å². The molecular weight excluding hydrogens is 200 g/mol. The van der Waals surface area contributed by atoms with Crippen molar-refractivity contribution in [2.75, 3.05) is 33.3 Å². The lowest BCUT2D eigenvalue weighted by atomic mass is 9.90. The summed E-state index contributed by atoms with van der Waals surface area (Å²) in [4.78, 5) is 2.63. The van der Waals surface area contributed by atoms with Crippen LogP contribution in [0.5, 0.6) is 0 Å². The number of nitrogens with zero attached hydrogens (tertiary/aromatic N) is 1. The maximum atomic E-state index is 5.66. The van der Waals surface area contributed by atoms with Gasteiger partial charge in [-0.05, 0) is 45.2 Å². The summed E-state index contributed by atoms with van der Waals surface area (Å²) in [7, 11) is 1.85. The van der Waals surface area contributed by atoms with E-state index >= 15 is 0 Å². The highest BCUT2D eigenvalue weighted by Crippen LogP contribution is 2.27. The third-order valence-electron chi connectivity index (χ3n) is 4.24. The van der Waals surface area contributed by atoms with Gasteiger partial charge in [0.05, 0.1) is 5.60 Å². The second kappa shape index (κ2) is 5.03. The molecule has 94 valence electrons. The third kappa shape index (κ3) is 2.76. The molecule has 0 radical (unpaired) electrons. The van der Waals surface area contributed by atoms with Crippen LogP contribution in [0.2, 0.25) is 0 Å². The van der Waals surface area contributed by atoms with Gasteiger partial charge in [-0.25, -0.2) is 0 Å². The lowest BCUT2D eigenvalue weighted by Gasteiger charge is -2.45. The smallest absolute Gasteiger partial charge is 0.0777 e. The minimum Gasteiger partial charge on any atom is -0.377 e. The van der Waals surface area contributed by atoms with E-state index in [1.54, 1.807) is 0 Å². The first-order valence-electron chi connectivity index (χ1n) is 6.63. The molecule has 0 amide bonds. The molecule has 0 aromatic carbocycles. The minimum absolute atomic E-state index is 0.0823. The van der Waals surface area contributed by atoms with Crippen LogP contribution < -0.4 is 5.32 Å². The molecule has 2 aliphatic rings. The zero-order chi connectivity index (χ0) is 11.6. The molecular formula is C13H26N2O. The highest BCUT2D eigenvalue weighted by atomic mass is 16.5. The number of hydrogen-bond donors (Lipinski definition) is 1. The first-order chi connectivity index (χ1) is 7.63. The van der Waals surface area contributed by atoms with Gasteiger partial charge in [0.25, 0.3) is 0 Å². The van der Waals surface area contributed by atoms with Gasteiger partial charge in [0.15, 0.2) is 0 Å². The van der Waals surface area contributed by atoms with Crippen LogP contribution in [-0.4, -0.2) is 49.8 Å². The van der Waals surface area contributed by atoms with Crippen molar-refractivity contribution in [3.63, 3.8) is 0 Å². The van der Waals surface area contributed by atoms with Crippen molar-refractivity contribution >= 4 is 0 Å². The average Bonchev–Trinajstić information content (AvgIpc) is 2.29. The molecule has 0 aromatic rings. The van der Waals surface area contributed by atoms with Gasteiger partial charge in [0.1, 0.15) is 0 Å². The van der Waals surface area contributed by atoms with Crippen molar-refractivity contribution in [3.05, 3.63) is 0 Å². The number of nitrogens with one attached hydrogen (secondary N) is 1. The standard InChI is InChI=1S/C13H26N2O/c1-11-7-12(9-14-8-11)15-6-4-5-13(2,10-15)16-3/h11-12,14H,4-10H2,1-3H3. The summed E-state index contributed by atoms with van der Waals surface area (Å²) in [6.45, 7) is 9.29. The lowest BCUT2D eigenvalue weighted by molar-refractivity contribution is -0.0648. The molecule has 0 aliphatic carbocycles. The van der Waals surface area contributed by atoms with Gasteiger partial charge in [0, 0.05) is 26.2 Å². The Bertz CT molecular complexity index is 234. The van der Waals surface area contributed by atoms with Crippen molar-refractivity contribution in [2.45, 2.75) is 44.8 Å². The Balaban J connectivity index is 1.93. The topological polar surface area (TPSA) is 24.5 Å².